The van der Waals surface area contributed by atoms with E-state index in [0.717, 1.165) is 27.5 Å². The van der Waals surface area contributed by atoms with E-state index in [0.29, 0.717) is 34.2 Å². The minimum atomic E-state index is -0.215. The molecule has 1 N–H and O–H groups in total. The summed E-state index contributed by atoms with van der Waals surface area (Å²) in [5.41, 5.74) is 4.48. The Bertz CT molecular complexity index is 1570. The van der Waals surface area contributed by atoms with E-state index in [-0.39, 0.29) is 5.78 Å². The molecule has 0 saturated heterocycles. The second kappa shape index (κ2) is 9.02. The molecule has 5 aromatic rings. The zero-order valence-corrected chi connectivity index (χ0v) is 20.0. The van der Waals surface area contributed by atoms with Crippen molar-refractivity contribution in [2.75, 3.05) is 21.3 Å². The molecule has 0 radical (unpaired) electrons. The van der Waals surface area contributed by atoms with Gasteiger partial charge < -0.3 is 23.8 Å². The number of hydrogen-bond donors (Lipinski definition) is 1. The number of imidazole rings is 1. The molecule has 2 aromatic heterocycles. The molecule has 0 atom stereocenters. The van der Waals surface area contributed by atoms with Crippen LogP contribution in [0.3, 0.4) is 0 Å². The fourth-order valence-corrected chi connectivity index (χ4v) is 4.35. The molecule has 0 aliphatic rings. The second-order valence-corrected chi connectivity index (χ2v) is 8.07. The maximum absolute atomic E-state index is 14.1. The third-order valence-electron chi connectivity index (χ3n) is 6.12. The number of H-pyrrole nitrogens is 1. The van der Waals surface area contributed by atoms with Crippen molar-refractivity contribution in [2.45, 2.75) is 0 Å². The summed E-state index contributed by atoms with van der Waals surface area (Å²) in [5, 5.41) is 1.02. The van der Waals surface area contributed by atoms with Crippen LogP contribution in [0.4, 0.5) is 0 Å². The van der Waals surface area contributed by atoms with E-state index in [1.807, 2.05) is 72.4 Å². The normalized spacial score (nSPS) is 11.7. The largest absolute Gasteiger partial charge is 0.493 e. The average molecular weight is 468 g/mol. The summed E-state index contributed by atoms with van der Waals surface area (Å²) in [7, 11) is 6.50. The lowest BCUT2D eigenvalue weighted by Crippen LogP contribution is -2.09. The highest BCUT2D eigenvalue weighted by molar-refractivity contribution is 6.32. The second-order valence-electron chi connectivity index (χ2n) is 8.07. The molecule has 176 valence electrons. The minimum absolute atomic E-state index is 0.215. The lowest BCUT2D eigenvalue weighted by atomic mass is 9.99. The number of methoxy groups -OCH3 is 3. The lowest BCUT2D eigenvalue weighted by molar-refractivity contribution is 0.105. The maximum Gasteiger partial charge on any atom is 0.203 e. The van der Waals surface area contributed by atoms with Crippen LogP contribution in [0.15, 0.2) is 66.9 Å². The Kier molecular flexibility index (Phi) is 5.74. The number of allylic oxidation sites excluding steroid dienone is 1. The number of Topliss-reactive ketones (excluding diaryl/α,β-unsaturated/α-hetero) is 1. The van der Waals surface area contributed by atoms with Crippen LogP contribution < -0.4 is 14.2 Å². The molecule has 0 amide bonds. The number of rotatable bonds is 7. The van der Waals surface area contributed by atoms with Crippen LogP contribution in [0.25, 0.3) is 33.6 Å². The fourth-order valence-electron chi connectivity index (χ4n) is 4.35. The predicted octanol–water partition coefficient (Wildman–Crippen LogP) is 5.50. The van der Waals surface area contributed by atoms with Gasteiger partial charge in [-0.05, 0) is 36.4 Å². The van der Waals surface area contributed by atoms with Crippen molar-refractivity contribution in [3.05, 3.63) is 83.8 Å². The van der Waals surface area contributed by atoms with Crippen molar-refractivity contribution < 1.29 is 19.0 Å². The number of fused-ring (bicyclic) bond motifs is 2. The van der Waals surface area contributed by atoms with Crippen LogP contribution >= 0.6 is 0 Å². The summed E-state index contributed by atoms with van der Waals surface area (Å²) in [6.45, 7) is 0. The Morgan fingerprint density at radius 3 is 2.31 bits per heavy atom. The van der Waals surface area contributed by atoms with Gasteiger partial charge in [0.2, 0.25) is 5.75 Å². The minimum Gasteiger partial charge on any atom is -0.493 e. The highest BCUT2D eigenvalue weighted by Gasteiger charge is 2.24. The summed E-state index contributed by atoms with van der Waals surface area (Å²) in [5.74, 6) is 1.60. The fraction of sp³-hybridized carbons (Fsp3) is 0.143. The Morgan fingerprint density at radius 1 is 0.943 bits per heavy atom. The predicted molar refractivity (Wildman–Crippen MR) is 137 cm³/mol. The summed E-state index contributed by atoms with van der Waals surface area (Å²) in [6, 6.07) is 19.1. The standard InChI is InChI=1S/C28H25N3O4/c1-31-23-12-8-7-11-22(23)30-28(31)20(13-18-16-29-21-10-6-5-9-19(18)21)26(32)17-14-24(33-2)27(35-4)25(15-17)34-3/h5-16,29H,1-4H3/b20-13+. The van der Waals surface area contributed by atoms with Gasteiger partial charge in [0.25, 0.3) is 0 Å². The number of ketones is 1. The molecular weight excluding hydrogens is 442 g/mol. The number of carbonyl (C=O) groups excluding carboxylic acids is 1. The van der Waals surface area contributed by atoms with E-state index in [1.54, 1.807) is 12.1 Å². The van der Waals surface area contributed by atoms with E-state index in [1.165, 1.54) is 21.3 Å². The first kappa shape index (κ1) is 22.3. The first-order chi connectivity index (χ1) is 17.0. The van der Waals surface area contributed by atoms with Gasteiger partial charge in [0.1, 0.15) is 5.82 Å². The summed E-state index contributed by atoms with van der Waals surface area (Å²) in [6.07, 6.45) is 3.78. The molecule has 7 nitrogen and oxygen atoms in total. The Labute approximate surface area is 202 Å². The van der Waals surface area contributed by atoms with Gasteiger partial charge in [0, 0.05) is 35.3 Å². The van der Waals surface area contributed by atoms with E-state index < -0.39 is 0 Å². The van der Waals surface area contributed by atoms with Crippen LogP contribution in [-0.2, 0) is 7.05 Å². The van der Waals surface area contributed by atoms with Crippen molar-refractivity contribution >= 4 is 39.4 Å². The highest BCUT2D eigenvalue weighted by atomic mass is 16.5. The number of aryl methyl sites for hydroxylation is 1. The molecule has 3 aromatic carbocycles. The van der Waals surface area contributed by atoms with Crippen molar-refractivity contribution in [1.29, 1.82) is 0 Å². The quantitative estimate of drug-likeness (QED) is 0.252. The molecule has 35 heavy (non-hydrogen) atoms. The van der Waals surface area contributed by atoms with Gasteiger partial charge in [-0.3, -0.25) is 4.79 Å². The van der Waals surface area contributed by atoms with Crippen molar-refractivity contribution in [3.63, 3.8) is 0 Å². The van der Waals surface area contributed by atoms with Crippen molar-refractivity contribution in [1.82, 2.24) is 14.5 Å². The smallest absolute Gasteiger partial charge is 0.203 e. The lowest BCUT2D eigenvalue weighted by Gasteiger charge is -2.14. The number of ether oxygens (including phenoxy) is 3. The molecule has 0 aliphatic carbocycles. The van der Waals surface area contributed by atoms with E-state index >= 15 is 0 Å². The molecule has 5 rings (SSSR count). The van der Waals surface area contributed by atoms with Crippen LogP contribution in [-0.4, -0.2) is 41.6 Å². The molecule has 0 aliphatic heterocycles. The SMILES string of the molecule is COc1cc(C(=O)/C(=C\c2c[nH]c3ccccc23)c2nc3ccccc3n2C)cc(OC)c1OC. The van der Waals surface area contributed by atoms with Gasteiger partial charge in [-0.25, -0.2) is 4.98 Å². The summed E-state index contributed by atoms with van der Waals surface area (Å²) in [4.78, 5) is 22.2. The summed E-state index contributed by atoms with van der Waals surface area (Å²) >= 11 is 0. The monoisotopic (exact) mass is 467 g/mol. The Hall–Kier alpha value is -4.52. The first-order valence-electron chi connectivity index (χ1n) is 11.1. The van der Waals surface area contributed by atoms with Gasteiger partial charge >= 0.3 is 0 Å². The van der Waals surface area contributed by atoms with E-state index in [9.17, 15) is 4.79 Å². The molecule has 7 heteroatoms. The van der Waals surface area contributed by atoms with Crippen molar-refractivity contribution in [3.8, 4) is 17.2 Å². The number of carbonyl (C=O) groups is 1. The Balaban J connectivity index is 1.74. The molecule has 0 saturated carbocycles. The van der Waals surface area contributed by atoms with Gasteiger partial charge in [0.15, 0.2) is 17.3 Å². The number of aromatic amines is 1. The van der Waals surface area contributed by atoms with E-state index in [2.05, 4.69) is 4.98 Å². The number of aromatic nitrogens is 3. The van der Waals surface area contributed by atoms with Crippen LogP contribution in [0.5, 0.6) is 17.2 Å². The van der Waals surface area contributed by atoms with Crippen molar-refractivity contribution in [2.24, 2.45) is 7.05 Å². The number of hydrogen-bond acceptors (Lipinski definition) is 5. The number of nitrogens with zero attached hydrogens (tertiary/aromatic N) is 2. The number of benzene rings is 3. The molecule has 2 heterocycles. The van der Waals surface area contributed by atoms with Gasteiger partial charge in [0.05, 0.1) is 37.9 Å². The van der Waals surface area contributed by atoms with E-state index in [4.69, 9.17) is 19.2 Å². The number of nitrogens with one attached hydrogen (secondary N) is 1. The van der Waals surface area contributed by atoms with Gasteiger partial charge in [-0.1, -0.05) is 30.3 Å². The Morgan fingerprint density at radius 2 is 1.63 bits per heavy atom. The van der Waals surface area contributed by atoms with Gasteiger partial charge in [-0.15, -0.1) is 0 Å². The third kappa shape index (κ3) is 3.81. The molecular formula is C28H25N3O4. The third-order valence-corrected chi connectivity index (χ3v) is 6.12. The zero-order valence-electron chi connectivity index (χ0n) is 20.0. The van der Waals surface area contributed by atoms with Gasteiger partial charge in [-0.2, -0.15) is 0 Å². The number of para-hydroxylation sites is 3. The molecule has 0 spiro atoms. The van der Waals surface area contributed by atoms with Crippen LogP contribution in [0.1, 0.15) is 21.7 Å². The average Bonchev–Trinajstić information content (AvgIpc) is 3.46. The summed E-state index contributed by atoms with van der Waals surface area (Å²) < 4.78 is 18.3. The van der Waals surface area contributed by atoms with Crippen LogP contribution in [0, 0.1) is 0 Å². The molecule has 0 bridgehead atoms. The molecule has 0 unspecified atom stereocenters. The topological polar surface area (TPSA) is 78.4 Å². The molecule has 0 fully saturated rings. The maximum atomic E-state index is 14.1. The highest BCUT2D eigenvalue weighted by Crippen LogP contribution is 2.39. The first-order valence-corrected chi connectivity index (χ1v) is 11.1. The van der Waals surface area contributed by atoms with Crippen LogP contribution in [0.2, 0.25) is 0 Å². The zero-order chi connectivity index (χ0) is 24.5.